The maximum absolute atomic E-state index is 13.4. The van der Waals surface area contributed by atoms with Gasteiger partial charge in [0.15, 0.2) is 0 Å². The summed E-state index contributed by atoms with van der Waals surface area (Å²) in [6.45, 7) is 5.49. The van der Waals surface area contributed by atoms with Gasteiger partial charge in [-0.15, -0.1) is 0 Å². The van der Waals surface area contributed by atoms with E-state index in [0.29, 0.717) is 5.69 Å². The summed E-state index contributed by atoms with van der Waals surface area (Å²) in [7, 11) is 0. The molecule has 0 aromatic heterocycles. The van der Waals surface area contributed by atoms with E-state index >= 15 is 0 Å². The van der Waals surface area contributed by atoms with E-state index in [-0.39, 0.29) is 11.7 Å². The van der Waals surface area contributed by atoms with E-state index in [1.165, 1.54) is 12.1 Å². The van der Waals surface area contributed by atoms with Crippen LogP contribution < -0.4 is 10.6 Å². The van der Waals surface area contributed by atoms with Crippen molar-refractivity contribution in [3.8, 4) is 6.07 Å². The van der Waals surface area contributed by atoms with Gasteiger partial charge in [-0.05, 0) is 43.7 Å². The second-order valence-corrected chi connectivity index (χ2v) is 5.08. The predicted molar refractivity (Wildman–Crippen MR) is 69.8 cm³/mol. The van der Waals surface area contributed by atoms with Crippen molar-refractivity contribution >= 4 is 5.69 Å². The number of piperidine rings is 1. The molecular formula is C14H18FN3. The number of hydrogen-bond acceptors (Lipinski definition) is 3. The first kappa shape index (κ1) is 12.8. The van der Waals surface area contributed by atoms with E-state index in [2.05, 4.69) is 16.7 Å². The van der Waals surface area contributed by atoms with Crippen LogP contribution in [0, 0.1) is 30.0 Å². The minimum Gasteiger partial charge on any atom is -0.367 e. The van der Waals surface area contributed by atoms with Gasteiger partial charge in [0.1, 0.15) is 11.4 Å². The molecule has 2 rings (SSSR count). The first-order valence-corrected chi connectivity index (χ1v) is 6.23. The largest absolute Gasteiger partial charge is 0.367 e. The van der Waals surface area contributed by atoms with Crippen LogP contribution in [0.3, 0.4) is 0 Å². The molecular weight excluding hydrogens is 229 g/mol. The molecule has 0 radical (unpaired) electrons. The molecule has 1 aromatic carbocycles. The Bertz CT molecular complexity index is 460. The number of anilines is 1. The van der Waals surface area contributed by atoms with Crippen LogP contribution in [-0.4, -0.2) is 18.6 Å². The van der Waals surface area contributed by atoms with Gasteiger partial charge in [0.25, 0.3) is 0 Å². The van der Waals surface area contributed by atoms with E-state index < -0.39 is 5.54 Å². The van der Waals surface area contributed by atoms with Gasteiger partial charge in [-0.25, -0.2) is 4.39 Å². The highest BCUT2D eigenvalue weighted by molar-refractivity contribution is 5.50. The van der Waals surface area contributed by atoms with E-state index in [9.17, 15) is 9.65 Å². The van der Waals surface area contributed by atoms with Crippen LogP contribution in [0.4, 0.5) is 10.1 Å². The molecule has 1 fully saturated rings. The molecule has 2 unspecified atom stereocenters. The zero-order valence-corrected chi connectivity index (χ0v) is 10.8. The second kappa shape index (κ2) is 4.95. The molecule has 1 aliphatic rings. The molecule has 4 heteroatoms. The minimum absolute atomic E-state index is 0.180. The lowest BCUT2D eigenvalue weighted by Gasteiger charge is -2.38. The zero-order valence-electron chi connectivity index (χ0n) is 10.8. The first-order valence-electron chi connectivity index (χ1n) is 6.23. The Hall–Kier alpha value is -1.60. The topological polar surface area (TPSA) is 47.9 Å². The van der Waals surface area contributed by atoms with E-state index in [4.69, 9.17) is 0 Å². The van der Waals surface area contributed by atoms with E-state index in [1.807, 2.05) is 19.9 Å². The third-order valence-electron chi connectivity index (χ3n) is 3.60. The molecule has 0 bridgehead atoms. The fourth-order valence-electron chi connectivity index (χ4n) is 2.47. The lowest BCUT2D eigenvalue weighted by molar-refractivity contribution is 0.304. The predicted octanol–water partition coefficient (Wildman–Crippen LogP) is 2.44. The summed E-state index contributed by atoms with van der Waals surface area (Å²) in [6.07, 6.45) is 0.722. The maximum Gasteiger partial charge on any atom is 0.130 e. The fourth-order valence-corrected chi connectivity index (χ4v) is 2.47. The Kier molecular flexibility index (Phi) is 3.53. The number of nitrogens with zero attached hydrogens (tertiary/aromatic N) is 1. The summed E-state index contributed by atoms with van der Waals surface area (Å²) in [5.74, 6) is -0.0907. The molecule has 0 aliphatic carbocycles. The van der Waals surface area contributed by atoms with Gasteiger partial charge in [-0.2, -0.15) is 5.26 Å². The Labute approximate surface area is 107 Å². The molecule has 1 saturated heterocycles. The lowest BCUT2D eigenvalue weighted by Crippen LogP contribution is -2.53. The number of nitrogens with one attached hydrogen (secondary N) is 2. The van der Waals surface area contributed by atoms with Gasteiger partial charge in [-0.1, -0.05) is 6.92 Å². The van der Waals surface area contributed by atoms with E-state index in [0.717, 1.165) is 25.1 Å². The van der Waals surface area contributed by atoms with Crippen molar-refractivity contribution < 1.29 is 4.39 Å². The molecule has 0 saturated carbocycles. The van der Waals surface area contributed by atoms with Crippen LogP contribution in [0.5, 0.6) is 0 Å². The van der Waals surface area contributed by atoms with Crippen LogP contribution in [0.15, 0.2) is 18.2 Å². The van der Waals surface area contributed by atoms with E-state index in [1.54, 1.807) is 0 Å². The molecule has 1 aromatic rings. The Balaban J connectivity index is 2.27. The first-order chi connectivity index (χ1) is 8.55. The molecule has 96 valence electrons. The van der Waals surface area contributed by atoms with Crippen molar-refractivity contribution in [2.45, 2.75) is 25.8 Å². The zero-order chi connectivity index (χ0) is 13.2. The average molecular weight is 247 g/mol. The van der Waals surface area contributed by atoms with Gasteiger partial charge in [-0.3, -0.25) is 0 Å². The number of nitriles is 1. The van der Waals surface area contributed by atoms with Crippen LogP contribution in [0.1, 0.15) is 18.9 Å². The second-order valence-electron chi connectivity index (χ2n) is 5.08. The standard InChI is InChI=1S/C14H18FN3/c1-10-5-12(15)7-13(6-10)18-14(9-16)3-4-17-8-11(14)2/h5-7,11,17-18H,3-4,8H2,1-2H3. The highest BCUT2D eigenvalue weighted by Crippen LogP contribution is 2.29. The molecule has 1 heterocycles. The van der Waals surface area contributed by atoms with Crippen molar-refractivity contribution in [2.75, 3.05) is 18.4 Å². The highest BCUT2D eigenvalue weighted by Gasteiger charge is 2.38. The number of benzene rings is 1. The summed E-state index contributed by atoms with van der Waals surface area (Å²) in [5, 5.41) is 16.0. The number of hydrogen-bond donors (Lipinski definition) is 2. The summed E-state index contributed by atoms with van der Waals surface area (Å²) in [5.41, 5.74) is 0.931. The Morgan fingerprint density at radius 2 is 2.28 bits per heavy atom. The smallest absolute Gasteiger partial charge is 0.130 e. The molecule has 0 amide bonds. The molecule has 18 heavy (non-hydrogen) atoms. The Morgan fingerprint density at radius 1 is 1.50 bits per heavy atom. The maximum atomic E-state index is 13.4. The van der Waals surface area contributed by atoms with Crippen molar-refractivity contribution in [2.24, 2.45) is 5.92 Å². The molecule has 3 nitrogen and oxygen atoms in total. The molecule has 0 spiro atoms. The molecule has 2 atom stereocenters. The van der Waals surface area contributed by atoms with Gasteiger partial charge in [0.2, 0.25) is 0 Å². The Morgan fingerprint density at radius 3 is 2.89 bits per heavy atom. The van der Waals surface area contributed by atoms with Crippen molar-refractivity contribution in [1.29, 1.82) is 5.26 Å². The third kappa shape index (κ3) is 2.46. The summed E-state index contributed by atoms with van der Waals surface area (Å²) >= 11 is 0. The van der Waals surface area contributed by atoms with Crippen molar-refractivity contribution in [3.05, 3.63) is 29.6 Å². The fraction of sp³-hybridized carbons (Fsp3) is 0.500. The minimum atomic E-state index is -0.606. The van der Waals surface area contributed by atoms with Crippen molar-refractivity contribution in [3.63, 3.8) is 0 Å². The van der Waals surface area contributed by atoms with Crippen LogP contribution in [0.2, 0.25) is 0 Å². The lowest BCUT2D eigenvalue weighted by atomic mass is 9.80. The number of rotatable bonds is 2. The molecule has 1 aliphatic heterocycles. The molecule has 2 N–H and O–H groups in total. The highest BCUT2D eigenvalue weighted by atomic mass is 19.1. The average Bonchev–Trinajstić information content (AvgIpc) is 2.31. The van der Waals surface area contributed by atoms with Crippen LogP contribution >= 0.6 is 0 Å². The number of aryl methyl sites for hydroxylation is 1. The van der Waals surface area contributed by atoms with Gasteiger partial charge < -0.3 is 10.6 Å². The monoisotopic (exact) mass is 247 g/mol. The van der Waals surface area contributed by atoms with Crippen molar-refractivity contribution in [1.82, 2.24) is 5.32 Å². The van der Waals surface area contributed by atoms with Gasteiger partial charge in [0, 0.05) is 18.2 Å². The summed E-state index contributed by atoms with van der Waals surface area (Å²) in [6, 6.07) is 7.18. The SMILES string of the molecule is Cc1cc(F)cc(NC2(C#N)CCNCC2C)c1. The normalized spacial score (nSPS) is 27.6. The summed E-state index contributed by atoms with van der Waals surface area (Å²) < 4.78 is 13.4. The van der Waals surface area contributed by atoms with Crippen LogP contribution in [0.25, 0.3) is 0 Å². The van der Waals surface area contributed by atoms with Gasteiger partial charge >= 0.3 is 0 Å². The third-order valence-corrected chi connectivity index (χ3v) is 3.60. The summed E-state index contributed by atoms with van der Waals surface area (Å²) in [4.78, 5) is 0. The number of halogens is 1. The quantitative estimate of drug-likeness (QED) is 0.844. The van der Waals surface area contributed by atoms with Gasteiger partial charge in [0.05, 0.1) is 6.07 Å². The van der Waals surface area contributed by atoms with Crippen LogP contribution in [-0.2, 0) is 0 Å².